The van der Waals surface area contributed by atoms with Crippen LogP contribution >= 0.6 is 0 Å². The molecule has 0 aromatic heterocycles. The van der Waals surface area contributed by atoms with Gasteiger partial charge in [0.15, 0.2) is 0 Å². The molecule has 106 valence electrons. The monoisotopic (exact) mass is 257 g/mol. The summed E-state index contributed by atoms with van der Waals surface area (Å²) in [7, 11) is 1.58. The Morgan fingerprint density at radius 3 is 2.22 bits per heavy atom. The van der Waals surface area contributed by atoms with Crippen molar-refractivity contribution < 1.29 is 9.59 Å². The maximum Gasteiger partial charge on any atom is 0.242 e. The molecule has 0 heterocycles. The first kappa shape index (κ1) is 16.9. The molecule has 0 aromatic rings. The highest BCUT2D eigenvalue weighted by molar-refractivity contribution is 5.89. The smallest absolute Gasteiger partial charge is 0.242 e. The molecule has 0 aliphatic heterocycles. The summed E-state index contributed by atoms with van der Waals surface area (Å²) in [4.78, 5) is 23.8. The first-order valence-corrected chi connectivity index (χ1v) is 6.47. The number of likely N-dealkylation sites (N-methyl/N-ethyl adjacent to an activating group) is 1. The summed E-state index contributed by atoms with van der Waals surface area (Å²) >= 11 is 0. The van der Waals surface area contributed by atoms with Crippen molar-refractivity contribution in [1.29, 1.82) is 0 Å². The Morgan fingerprint density at radius 2 is 1.83 bits per heavy atom. The molecule has 0 saturated heterocycles. The minimum Gasteiger partial charge on any atom is -0.357 e. The van der Waals surface area contributed by atoms with Crippen molar-refractivity contribution in [2.45, 2.75) is 46.6 Å². The van der Waals surface area contributed by atoms with Gasteiger partial charge in [0.05, 0.1) is 0 Å². The summed E-state index contributed by atoms with van der Waals surface area (Å²) in [6.45, 7) is 8.17. The van der Waals surface area contributed by atoms with Gasteiger partial charge in [0, 0.05) is 12.5 Å². The highest BCUT2D eigenvalue weighted by Crippen LogP contribution is 2.20. The molecule has 5 nitrogen and oxygen atoms in total. The van der Waals surface area contributed by atoms with Gasteiger partial charge in [0.1, 0.15) is 6.04 Å². The van der Waals surface area contributed by atoms with Crippen molar-refractivity contribution in [2.24, 2.45) is 17.1 Å². The molecule has 0 aromatic carbocycles. The number of hydrogen-bond acceptors (Lipinski definition) is 3. The van der Waals surface area contributed by atoms with E-state index >= 15 is 0 Å². The van der Waals surface area contributed by atoms with Crippen LogP contribution in [0.4, 0.5) is 0 Å². The first-order chi connectivity index (χ1) is 8.24. The van der Waals surface area contributed by atoms with E-state index in [1.54, 1.807) is 7.05 Å². The highest BCUT2D eigenvalue weighted by Gasteiger charge is 2.30. The Hall–Kier alpha value is -1.10. The number of carbonyl (C=O) groups excluding carboxylic acids is 2. The van der Waals surface area contributed by atoms with Gasteiger partial charge in [-0.25, -0.2) is 0 Å². The fraction of sp³-hybridized carbons (Fsp3) is 0.846. The van der Waals surface area contributed by atoms with Crippen molar-refractivity contribution in [1.82, 2.24) is 10.6 Å². The average Bonchev–Trinajstić information content (AvgIpc) is 2.26. The standard InChI is InChI=1S/C13H27N3O2/c1-9(2)8-10(11(17)15-5)16-12(18)13(3,4)6-7-14/h9-10H,6-8,14H2,1-5H3,(H,15,17)(H,16,18). The van der Waals surface area contributed by atoms with Crippen LogP contribution in [-0.4, -0.2) is 31.4 Å². The molecule has 1 atom stereocenters. The predicted molar refractivity (Wildman–Crippen MR) is 72.9 cm³/mol. The highest BCUT2D eigenvalue weighted by atomic mass is 16.2. The summed E-state index contributed by atoms with van der Waals surface area (Å²) in [6, 6.07) is -0.473. The van der Waals surface area contributed by atoms with Crippen molar-refractivity contribution in [3.8, 4) is 0 Å². The largest absolute Gasteiger partial charge is 0.357 e. The lowest BCUT2D eigenvalue weighted by atomic mass is 9.87. The summed E-state index contributed by atoms with van der Waals surface area (Å²) in [5, 5.41) is 5.40. The number of carbonyl (C=O) groups is 2. The van der Waals surface area contributed by atoms with E-state index in [2.05, 4.69) is 10.6 Å². The summed E-state index contributed by atoms with van der Waals surface area (Å²) in [5.41, 5.74) is 4.95. The van der Waals surface area contributed by atoms with E-state index in [1.807, 2.05) is 27.7 Å². The number of amides is 2. The zero-order valence-corrected chi connectivity index (χ0v) is 12.2. The normalized spacial score (nSPS) is 13.3. The molecule has 18 heavy (non-hydrogen) atoms. The van der Waals surface area contributed by atoms with Crippen LogP contribution < -0.4 is 16.4 Å². The lowest BCUT2D eigenvalue weighted by Crippen LogP contribution is -2.50. The van der Waals surface area contributed by atoms with Crippen LogP contribution in [0.25, 0.3) is 0 Å². The first-order valence-electron chi connectivity index (χ1n) is 6.47. The minimum absolute atomic E-state index is 0.123. The molecule has 5 heteroatoms. The number of hydrogen-bond donors (Lipinski definition) is 3. The molecule has 2 amide bonds. The second-order valence-electron chi connectivity index (χ2n) is 5.69. The molecular formula is C13H27N3O2. The van der Waals surface area contributed by atoms with Gasteiger partial charge < -0.3 is 16.4 Å². The van der Waals surface area contributed by atoms with Crippen LogP contribution in [-0.2, 0) is 9.59 Å². The van der Waals surface area contributed by atoms with E-state index in [1.165, 1.54) is 0 Å². The lowest BCUT2D eigenvalue weighted by Gasteiger charge is -2.27. The van der Waals surface area contributed by atoms with E-state index in [-0.39, 0.29) is 11.8 Å². The van der Waals surface area contributed by atoms with E-state index in [9.17, 15) is 9.59 Å². The number of rotatable bonds is 7. The van der Waals surface area contributed by atoms with E-state index in [0.717, 1.165) is 0 Å². The van der Waals surface area contributed by atoms with Gasteiger partial charge in [-0.2, -0.15) is 0 Å². The van der Waals surface area contributed by atoms with Gasteiger partial charge in [0.2, 0.25) is 11.8 Å². The Balaban J connectivity index is 4.67. The molecule has 0 spiro atoms. The molecule has 0 fully saturated rings. The predicted octanol–water partition coefficient (Wildman–Crippen LogP) is 0.638. The summed E-state index contributed by atoms with van der Waals surface area (Å²) < 4.78 is 0. The fourth-order valence-electron chi connectivity index (χ4n) is 1.71. The molecule has 1 unspecified atom stereocenters. The zero-order valence-electron chi connectivity index (χ0n) is 12.2. The van der Waals surface area contributed by atoms with Gasteiger partial charge in [-0.15, -0.1) is 0 Å². The second kappa shape index (κ2) is 7.36. The van der Waals surface area contributed by atoms with E-state index in [4.69, 9.17) is 5.73 Å². The topological polar surface area (TPSA) is 84.2 Å². The van der Waals surface area contributed by atoms with Crippen molar-refractivity contribution in [3.63, 3.8) is 0 Å². The van der Waals surface area contributed by atoms with Crippen LogP contribution in [0.15, 0.2) is 0 Å². The van der Waals surface area contributed by atoms with Gasteiger partial charge in [-0.1, -0.05) is 27.7 Å². The Morgan fingerprint density at radius 1 is 1.28 bits per heavy atom. The number of nitrogens with two attached hydrogens (primary N) is 1. The summed E-state index contributed by atoms with van der Waals surface area (Å²) in [6.07, 6.45) is 1.23. The Bertz CT molecular complexity index is 288. The Labute approximate surface area is 110 Å². The van der Waals surface area contributed by atoms with Crippen molar-refractivity contribution in [3.05, 3.63) is 0 Å². The van der Waals surface area contributed by atoms with Crippen LogP contribution in [0, 0.1) is 11.3 Å². The molecule has 0 saturated carbocycles. The van der Waals surface area contributed by atoms with Gasteiger partial charge >= 0.3 is 0 Å². The lowest BCUT2D eigenvalue weighted by molar-refractivity contribution is -0.134. The molecule has 0 aliphatic rings. The third-order valence-corrected chi connectivity index (χ3v) is 2.96. The third-order valence-electron chi connectivity index (χ3n) is 2.96. The number of nitrogens with one attached hydrogen (secondary N) is 2. The van der Waals surface area contributed by atoms with Crippen LogP contribution in [0.5, 0.6) is 0 Å². The van der Waals surface area contributed by atoms with E-state index < -0.39 is 11.5 Å². The van der Waals surface area contributed by atoms with Gasteiger partial charge in [0.25, 0.3) is 0 Å². The van der Waals surface area contributed by atoms with Crippen molar-refractivity contribution >= 4 is 11.8 Å². The SMILES string of the molecule is CNC(=O)C(CC(C)C)NC(=O)C(C)(C)CCN. The van der Waals surface area contributed by atoms with Crippen LogP contribution in [0.3, 0.4) is 0 Å². The Kier molecular flexibility index (Phi) is 6.91. The zero-order chi connectivity index (χ0) is 14.3. The van der Waals surface area contributed by atoms with Crippen molar-refractivity contribution in [2.75, 3.05) is 13.6 Å². The fourth-order valence-corrected chi connectivity index (χ4v) is 1.71. The minimum atomic E-state index is -0.544. The second-order valence-corrected chi connectivity index (χ2v) is 5.69. The van der Waals surface area contributed by atoms with Crippen LogP contribution in [0.2, 0.25) is 0 Å². The van der Waals surface area contributed by atoms with Gasteiger partial charge in [-0.05, 0) is 25.3 Å². The van der Waals surface area contributed by atoms with E-state index in [0.29, 0.717) is 25.3 Å². The maximum absolute atomic E-state index is 12.1. The summed E-state index contributed by atoms with van der Waals surface area (Å²) in [5.74, 6) is 0.0630. The molecule has 0 aliphatic carbocycles. The molecule has 4 N–H and O–H groups in total. The molecule has 0 bridgehead atoms. The quantitative estimate of drug-likeness (QED) is 0.625. The molecular weight excluding hydrogens is 230 g/mol. The maximum atomic E-state index is 12.1. The average molecular weight is 257 g/mol. The van der Waals surface area contributed by atoms with Crippen LogP contribution in [0.1, 0.15) is 40.5 Å². The third kappa shape index (κ3) is 5.49. The molecule has 0 radical (unpaired) electrons. The van der Waals surface area contributed by atoms with Gasteiger partial charge in [-0.3, -0.25) is 9.59 Å². The molecule has 0 rings (SSSR count).